The molecule has 3 aromatic carbocycles. The van der Waals surface area contributed by atoms with E-state index >= 15 is 0 Å². The number of ether oxygens (including phenoxy) is 1. The minimum Gasteiger partial charge on any atom is -0.492 e. The van der Waals surface area contributed by atoms with Gasteiger partial charge in [0.2, 0.25) is 0 Å². The fourth-order valence-corrected chi connectivity index (χ4v) is 3.91. The zero-order valence-corrected chi connectivity index (χ0v) is 15.9. The molecule has 1 amide bonds. The van der Waals surface area contributed by atoms with Crippen molar-refractivity contribution in [1.29, 1.82) is 0 Å². The second kappa shape index (κ2) is 7.07. The van der Waals surface area contributed by atoms with Crippen LogP contribution in [0.3, 0.4) is 0 Å². The van der Waals surface area contributed by atoms with Crippen LogP contribution in [0.1, 0.15) is 48.2 Å². The second-order valence-electron chi connectivity index (χ2n) is 7.71. The van der Waals surface area contributed by atoms with Gasteiger partial charge in [-0.1, -0.05) is 54.6 Å². The number of fused-ring (bicyclic) bond motifs is 2. The summed E-state index contributed by atoms with van der Waals surface area (Å²) in [6, 6.07) is 20.4. The van der Waals surface area contributed by atoms with Gasteiger partial charge in [-0.3, -0.25) is 4.79 Å². The van der Waals surface area contributed by atoms with Crippen molar-refractivity contribution in [3.63, 3.8) is 0 Å². The number of carbonyl (C=O) groups excluding carboxylic acids is 1. The molecule has 1 heterocycles. The Hall–Kier alpha value is -2.81. The third kappa shape index (κ3) is 3.42. The van der Waals surface area contributed by atoms with Crippen molar-refractivity contribution in [1.82, 2.24) is 5.32 Å². The predicted octanol–water partition coefficient (Wildman–Crippen LogP) is 5.22. The molecule has 0 bridgehead atoms. The molecule has 1 N–H and O–H groups in total. The second-order valence-corrected chi connectivity index (χ2v) is 7.71. The molecule has 27 heavy (non-hydrogen) atoms. The molecular formula is C24H25NO2. The number of para-hydroxylation sites is 1. The van der Waals surface area contributed by atoms with E-state index in [9.17, 15) is 4.79 Å². The Bertz CT molecular complexity index is 985. The quantitative estimate of drug-likeness (QED) is 0.696. The lowest BCUT2D eigenvalue weighted by molar-refractivity contribution is 0.0908. The van der Waals surface area contributed by atoms with Crippen molar-refractivity contribution < 1.29 is 9.53 Å². The lowest BCUT2D eigenvalue weighted by Gasteiger charge is -2.29. The van der Waals surface area contributed by atoms with Crippen molar-refractivity contribution >= 4 is 16.7 Å². The maximum absolute atomic E-state index is 13.2. The lowest BCUT2D eigenvalue weighted by Crippen LogP contribution is -2.41. The fraction of sp³-hybridized carbons (Fsp3) is 0.292. The van der Waals surface area contributed by atoms with E-state index in [1.807, 2.05) is 30.3 Å². The van der Waals surface area contributed by atoms with E-state index < -0.39 is 5.54 Å². The van der Waals surface area contributed by atoms with Crippen LogP contribution in [0.15, 0.2) is 60.7 Å². The van der Waals surface area contributed by atoms with Gasteiger partial charge in [0, 0.05) is 0 Å². The van der Waals surface area contributed by atoms with E-state index in [1.165, 1.54) is 5.39 Å². The topological polar surface area (TPSA) is 38.3 Å². The lowest BCUT2D eigenvalue weighted by atomic mass is 9.89. The Morgan fingerprint density at radius 3 is 2.63 bits per heavy atom. The van der Waals surface area contributed by atoms with E-state index in [2.05, 4.69) is 49.5 Å². The Balaban J connectivity index is 1.68. The van der Waals surface area contributed by atoms with Crippen LogP contribution in [0.4, 0.5) is 0 Å². The molecule has 0 saturated carbocycles. The van der Waals surface area contributed by atoms with Crippen molar-refractivity contribution in [2.24, 2.45) is 0 Å². The molecule has 0 aliphatic carbocycles. The normalized spacial score (nSPS) is 14.1. The number of rotatable bonds is 3. The molecule has 0 saturated heterocycles. The molecule has 0 aromatic heterocycles. The first-order valence-electron chi connectivity index (χ1n) is 9.62. The van der Waals surface area contributed by atoms with Crippen molar-refractivity contribution in [2.45, 2.75) is 38.6 Å². The number of nitrogens with one attached hydrogen (secondary N) is 1. The van der Waals surface area contributed by atoms with Crippen molar-refractivity contribution in [3.8, 4) is 5.75 Å². The molecule has 3 nitrogen and oxygen atoms in total. The first-order chi connectivity index (χ1) is 13.1. The summed E-state index contributed by atoms with van der Waals surface area (Å²) < 4.78 is 5.93. The number of amides is 1. The molecule has 3 heteroatoms. The number of hydrogen-bond acceptors (Lipinski definition) is 2. The molecule has 0 fully saturated rings. The highest BCUT2D eigenvalue weighted by molar-refractivity contribution is 5.98. The smallest absolute Gasteiger partial charge is 0.255 e. The van der Waals surface area contributed by atoms with Gasteiger partial charge in [-0.25, -0.2) is 0 Å². The van der Waals surface area contributed by atoms with Gasteiger partial charge in [0.05, 0.1) is 17.7 Å². The molecule has 3 aromatic rings. The summed E-state index contributed by atoms with van der Waals surface area (Å²) in [5.41, 5.74) is 2.36. The van der Waals surface area contributed by atoms with Crippen LogP contribution in [-0.2, 0) is 12.0 Å². The van der Waals surface area contributed by atoms with E-state index in [0.717, 1.165) is 41.5 Å². The van der Waals surface area contributed by atoms with Crippen LogP contribution in [0.25, 0.3) is 10.8 Å². The fourth-order valence-electron chi connectivity index (χ4n) is 3.91. The predicted molar refractivity (Wildman–Crippen MR) is 109 cm³/mol. The minimum absolute atomic E-state index is 0.0910. The summed E-state index contributed by atoms with van der Waals surface area (Å²) in [4.78, 5) is 13.2. The van der Waals surface area contributed by atoms with Crippen LogP contribution >= 0.6 is 0 Å². The average molecular weight is 359 g/mol. The van der Waals surface area contributed by atoms with E-state index in [1.54, 1.807) is 0 Å². The van der Waals surface area contributed by atoms with E-state index in [4.69, 9.17) is 4.74 Å². The van der Waals surface area contributed by atoms with Crippen LogP contribution in [0.5, 0.6) is 5.75 Å². The van der Waals surface area contributed by atoms with Gasteiger partial charge in [-0.15, -0.1) is 0 Å². The summed E-state index contributed by atoms with van der Waals surface area (Å²) in [5.74, 6) is 0.660. The van der Waals surface area contributed by atoms with E-state index in [-0.39, 0.29) is 5.91 Å². The first-order valence-corrected chi connectivity index (χ1v) is 9.62. The molecule has 0 radical (unpaired) electrons. The summed E-state index contributed by atoms with van der Waals surface area (Å²) in [6.45, 7) is 4.77. The molecule has 138 valence electrons. The highest BCUT2D eigenvalue weighted by Crippen LogP contribution is 2.31. The maximum Gasteiger partial charge on any atom is 0.255 e. The van der Waals surface area contributed by atoms with Crippen LogP contribution in [-0.4, -0.2) is 12.5 Å². The molecular weight excluding hydrogens is 334 g/mol. The Labute approximate surface area is 160 Å². The molecule has 0 atom stereocenters. The average Bonchev–Trinajstić information content (AvgIpc) is 2.92. The standard InChI is InChI=1S/C24H25NO2/c1-24(2,21-15-8-11-17-9-3-4-13-19(17)21)25-23(26)20-14-7-12-18-10-5-6-16-27-22(18)20/h3-4,7-9,11-15H,5-6,10,16H2,1-2H3,(H,25,26). The number of benzene rings is 3. The molecule has 0 unspecified atom stereocenters. The Kier molecular flexibility index (Phi) is 4.61. The Morgan fingerprint density at radius 2 is 1.74 bits per heavy atom. The summed E-state index contributed by atoms with van der Waals surface area (Å²) in [6.07, 6.45) is 3.08. The zero-order valence-electron chi connectivity index (χ0n) is 15.9. The van der Waals surface area contributed by atoms with Gasteiger partial charge in [0.15, 0.2) is 0 Å². The number of carbonyl (C=O) groups is 1. The highest BCUT2D eigenvalue weighted by atomic mass is 16.5. The maximum atomic E-state index is 13.2. The van der Waals surface area contributed by atoms with Crippen LogP contribution in [0, 0.1) is 0 Å². The molecule has 1 aliphatic rings. The van der Waals surface area contributed by atoms with Gasteiger partial charge in [0.25, 0.3) is 5.91 Å². The van der Waals surface area contributed by atoms with Gasteiger partial charge >= 0.3 is 0 Å². The monoisotopic (exact) mass is 359 g/mol. The third-order valence-electron chi connectivity index (χ3n) is 5.32. The van der Waals surface area contributed by atoms with Crippen LogP contribution in [0.2, 0.25) is 0 Å². The minimum atomic E-state index is -0.509. The summed E-state index contributed by atoms with van der Waals surface area (Å²) in [7, 11) is 0. The van der Waals surface area contributed by atoms with Gasteiger partial charge < -0.3 is 10.1 Å². The molecule has 1 aliphatic heterocycles. The van der Waals surface area contributed by atoms with Gasteiger partial charge in [-0.05, 0) is 61.1 Å². The number of hydrogen-bond donors (Lipinski definition) is 1. The third-order valence-corrected chi connectivity index (χ3v) is 5.32. The summed E-state index contributed by atoms with van der Waals surface area (Å²) in [5, 5.41) is 5.57. The molecule has 4 rings (SSSR count). The largest absolute Gasteiger partial charge is 0.492 e. The first kappa shape index (κ1) is 17.6. The van der Waals surface area contributed by atoms with Gasteiger partial charge in [-0.2, -0.15) is 0 Å². The molecule has 0 spiro atoms. The Morgan fingerprint density at radius 1 is 0.963 bits per heavy atom. The van der Waals surface area contributed by atoms with E-state index in [0.29, 0.717) is 12.2 Å². The highest BCUT2D eigenvalue weighted by Gasteiger charge is 2.27. The van der Waals surface area contributed by atoms with Crippen LogP contribution < -0.4 is 10.1 Å². The van der Waals surface area contributed by atoms with Crippen molar-refractivity contribution in [2.75, 3.05) is 6.61 Å². The summed E-state index contributed by atoms with van der Waals surface area (Å²) >= 11 is 0. The van der Waals surface area contributed by atoms with Crippen molar-refractivity contribution in [3.05, 3.63) is 77.4 Å². The zero-order chi connectivity index (χ0) is 18.9. The van der Waals surface area contributed by atoms with Gasteiger partial charge in [0.1, 0.15) is 5.75 Å². The number of aryl methyl sites for hydroxylation is 1. The SMILES string of the molecule is CC(C)(NC(=O)c1cccc2c1OCCCC2)c1cccc2ccccc12.